The monoisotopic (exact) mass is 245 g/mol. The van der Waals surface area contributed by atoms with Gasteiger partial charge < -0.3 is 14.6 Å². The number of hydrogen-bond donors (Lipinski definition) is 1. The van der Waals surface area contributed by atoms with Gasteiger partial charge in [0, 0.05) is 33.9 Å². The number of aliphatic hydroxyl groups is 1. The van der Waals surface area contributed by atoms with Crippen LogP contribution < -0.4 is 0 Å². The third-order valence-electron chi connectivity index (χ3n) is 2.03. The zero-order valence-electron chi connectivity index (χ0n) is 9.46. The Hall–Kier alpha value is -0.370. The van der Waals surface area contributed by atoms with E-state index in [9.17, 15) is 13.2 Å². The molecule has 7 heteroatoms. The molecule has 1 atom stereocenters. The smallest absolute Gasteiger partial charge is 0.383 e. The molecule has 0 saturated carbocycles. The van der Waals surface area contributed by atoms with E-state index < -0.39 is 18.8 Å². The molecule has 16 heavy (non-hydrogen) atoms. The first-order valence-corrected chi connectivity index (χ1v) is 4.86. The Morgan fingerprint density at radius 1 is 1.12 bits per heavy atom. The highest BCUT2D eigenvalue weighted by Crippen LogP contribution is 2.20. The van der Waals surface area contributed by atoms with Gasteiger partial charge in [0.15, 0.2) is 6.10 Å². The Labute approximate surface area is 92.9 Å². The molecule has 1 N–H and O–H groups in total. The van der Waals surface area contributed by atoms with Crippen LogP contribution in [0.3, 0.4) is 0 Å². The molecule has 0 radical (unpaired) electrons. The van der Waals surface area contributed by atoms with Crippen molar-refractivity contribution >= 4 is 0 Å². The minimum absolute atomic E-state index is 0.314. The molecule has 0 amide bonds. The molecule has 4 nitrogen and oxygen atoms in total. The maximum Gasteiger partial charge on any atom is 0.415 e. The highest BCUT2D eigenvalue weighted by molar-refractivity contribution is 4.71. The molecule has 0 spiro atoms. The van der Waals surface area contributed by atoms with E-state index in [-0.39, 0.29) is 0 Å². The first-order valence-electron chi connectivity index (χ1n) is 4.86. The number of aliphatic hydroxyl groups excluding tert-OH is 1. The molecule has 0 fully saturated rings. The summed E-state index contributed by atoms with van der Waals surface area (Å²) in [5, 5.41) is 8.91. The van der Waals surface area contributed by atoms with Gasteiger partial charge in [-0.05, 0) is 0 Å². The second kappa shape index (κ2) is 7.83. The lowest BCUT2D eigenvalue weighted by Crippen LogP contribution is -2.43. The van der Waals surface area contributed by atoms with Crippen LogP contribution in [0.4, 0.5) is 13.2 Å². The molecular weight excluding hydrogens is 227 g/mol. The van der Waals surface area contributed by atoms with Crippen molar-refractivity contribution in [2.45, 2.75) is 12.3 Å². The van der Waals surface area contributed by atoms with Crippen LogP contribution in [0.25, 0.3) is 0 Å². The van der Waals surface area contributed by atoms with Crippen molar-refractivity contribution in [2.75, 3.05) is 47.1 Å². The Kier molecular flexibility index (Phi) is 7.65. The molecule has 0 aromatic rings. The van der Waals surface area contributed by atoms with Crippen molar-refractivity contribution in [2.24, 2.45) is 0 Å². The van der Waals surface area contributed by atoms with Gasteiger partial charge in [-0.25, -0.2) is 0 Å². The summed E-state index contributed by atoms with van der Waals surface area (Å²) >= 11 is 0. The Balaban J connectivity index is 4.07. The van der Waals surface area contributed by atoms with Gasteiger partial charge in [0.2, 0.25) is 0 Å². The molecule has 0 bridgehead atoms. The van der Waals surface area contributed by atoms with Crippen LogP contribution in [0.5, 0.6) is 0 Å². The van der Waals surface area contributed by atoms with E-state index >= 15 is 0 Å². The standard InChI is InChI=1S/C9H18F3NO3/c1-15-5-3-13(4-6-16-2)7-8(14)9(10,11)12/h8,14H,3-7H2,1-2H3. The van der Waals surface area contributed by atoms with E-state index in [1.807, 2.05) is 0 Å². The van der Waals surface area contributed by atoms with Gasteiger partial charge in [0.05, 0.1) is 13.2 Å². The van der Waals surface area contributed by atoms with E-state index in [1.165, 1.54) is 19.1 Å². The van der Waals surface area contributed by atoms with Gasteiger partial charge in [-0.15, -0.1) is 0 Å². The summed E-state index contributed by atoms with van der Waals surface area (Å²) in [5.74, 6) is 0. The van der Waals surface area contributed by atoms with Gasteiger partial charge in [0.1, 0.15) is 0 Å². The molecular formula is C9H18F3NO3. The molecule has 0 aliphatic carbocycles. The van der Waals surface area contributed by atoms with Crippen molar-refractivity contribution in [3.63, 3.8) is 0 Å². The molecule has 0 heterocycles. The molecule has 0 rings (SSSR count). The van der Waals surface area contributed by atoms with E-state index in [2.05, 4.69) is 0 Å². The molecule has 0 saturated heterocycles. The van der Waals surface area contributed by atoms with Crippen LogP contribution >= 0.6 is 0 Å². The van der Waals surface area contributed by atoms with Crippen molar-refractivity contribution in [1.82, 2.24) is 4.90 Å². The second-order valence-electron chi connectivity index (χ2n) is 3.34. The fourth-order valence-electron chi connectivity index (χ4n) is 1.08. The zero-order chi connectivity index (χ0) is 12.6. The molecule has 0 aliphatic rings. The van der Waals surface area contributed by atoms with Crippen LogP contribution in [0, 0.1) is 0 Å². The highest BCUT2D eigenvalue weighted by atomic mass is 19.4. The summed E-state index contributed by atoms with van der Waals surface area (Å²) in [4.78, 5) is 1.45. The minimum atomic E-state index is -4.58. The lowest BCUT2D eigenvalue weighted by molar-refractivity contribution is -0.208. The summed E-state index contributed by atoms with van der Waals surface area (Å²) in [7, 11) is 2.93. The van der Waals surface area contributed by atoms with Crippen LogP contribution in [0.1, 0.15) is 0 Å². The minimum Gasteiger partial charge on any atom is -0.383 e. The number of hydrogen-bond acceptors (Lipinski definition) is 4. The van der Waals surface area contributed by atoms with Crippen molar-refractivity contribution < 1.29 is 27.8 Å². The predicted molar refractivity (Wildman–Crippen MR) is 52.3 cm³/mol. The molecule has 0 aromatic heterocycles. The fraction of sp³-hybridized carbons (Fsp3) is 1.00. The van der Waals surface area contributed by atoms with Gasteiger partial charge in [-0.3, -0.25) is 4.90 Å². The van der Waals surface area contributed by atoms with Gasteiger partial charge in [0.25, 0.3) is 0 Å². The normalized spacial score (nSPS) is 14.4. The number of methoxy groups -OCH3 is 2. The summed E-state index contributed by atoms with van der Waals surface area (Å²) in [6.07, 6.45) is -6.92. The summed E-state index contributed by atoms with van der Waals surface area (Å²) in [6, 6.07) is 0. The highest BCUT2D eigenvalue weighted by Gasteiger charge is 2.38. The second-order valence-corrected chi connectivity index (χ2v) is 3.34. The average Bonchev–Trinajstić information content (AvgIpc) is 2.20. The van der Waals surface area contributed by atoms with Crippen LogP contribution in [0.15, 0.2) is 0 Å². The van der Waals surface area contributed by atoms with E-state index in [0.717, 1.165) is 0 Å². The van der Waals surface area contributed by atoms with Crippen molar-refractivity contribution in [1.29, 1.82) is 0 Å². The lowest BCUT2D eigenvalue weighted by atomic mass is 10.3. The number of alkyl halides is 3. The van der Waals surface area contributed by atoms with E-state index in [0.29, 0.717) is 26.3 Å². The van der Waals surface area contributed by atoms with Gasteiger partial charge >= 0.3 is 6.18 Å². The summed E-state index contributed by atoms with van der Waals surface area (Å²) in [5.41, 5.74) is 0. The maximum atomic E-state index is 12.1. The van der Waals surface area contributed by atoms with E-state index in [4.69, 9.17) is 14.6 Å². The lowest BCUT2D eigenvalue weighted by Gasteiger charge is -2.25. The summed E-state index contributed by atoms with van der Waals surface area (Å²) in [6.45, 7) is 0.818. The Bertz CT molecular complexity index is 170. The maximum absolute atomic E-state index is 12.1. The SMILES string of the molecule is COCCN(CCOC)CC(O)C(F)(F)F. The number of rotatable bonds is 8. The molecule has 1 unspecified atom stereocenters. The van der Waals surface area contributed by atoms with Crippen LogP contribution in [-0.2, 0) is 9.47 Å². The fourth-order valence-corrected chi connectivity index (χ4v) is 1.08. The molecule has 0 aromatic carbocycles. The van der Waals surface area contributed by atoms with Crippen molar-refractivity contribution in [3.8, 4) is 0 Å². The first-order chi connectivity index (χ1) is 7.41. The predicted octanol–water partition coefficient (Wildman–Crippen LogP) is 0.504. The van der Waals surface area contributed by atoms with Gasteiger partial charge in [-0.1, -0.05) is 0 Å². The average molecular weight is 245 g/mol. The topological polar surface area (TPSA) is 41.9 Å². The number of ether oxygens (including phenoxy) is 2. The number of halogens is 3. The molecule has 0 aliphatic heterocycles. The Morgan fingerprint density at radius 2 is 1.56 bits per heavy atom. The molecule has 98 valence electrons. The quantitative estimate of drug-likeness (QED) is 0.676. The van der Waals surface area contributed by atoms with Gasteiger partial charge in [-0.2, -0.15) is 13.2 Å². The first kappa shape index (κ1) is 15.6. The Morgan fingerprint density at radius 3 is 1.88 bits per heavy atom. The number of nitrogens with zero attached hydrogens (tertiary/aromatic N) is 1. The van der Waals surface area contributed by atoms with Crippen LogP contribution in [0.2, 0.25) is 0 Å². The largest absolute Gasteiger partial charge is 0.415 e. The van der Waals surface area contributed by atoms with Crippen LogP contribution in [-0.4, -0.2) is 69.4 Å². The van der Waals surface area contributed by atoms with Crippen molar-refractivity contribution in [3.05, 3.63) is 0 Å². The third kappa shape index (κ3) is 7.00. The zero-order valence-corrected chi connectivity index (χ0v) is 9.46. The summed E-state index contributed by atoms with van der Waals surface area (Å²) < 4.78 is 45.9. The van der Waals surface area contributed by atoms with E-state index in [1.54, 1.807) is 0 Å². The third-order valence-corrected chi connectivity index (χ3v) is 2.03.